The molecule has 0 heterocycles. The summed E-state index contributed by atoms with van der Waals surface area (Å²) < 4.78 is 5.98. The molecule has 0 saturated carbocycles. The predicted octanol–water partition coefficient (Wildman–Crippen LogP) is 4.44. The minimum absolute atomic E-state index is 0.164. The zero-order valence-electron chi connectivity index (χ0n) is 12.3. The Morgan fingerprint density at radius 2 is 2.16 bits per heavy atom. The van der Waals surface area contributed by atoms with Crippen LogP contribution in [-0.4, -0.2) is 6.10 Å². The van der Waals surface area contributed by atoms with E-state index in [4.69, 9.17) is 10.5 Å². The lowest BCUT2D eigenvalue weighted by molar-refractivity contribution is 0.231. The summed E-state index contributed by atoms with van der Waals surface area (Å²) in [6.07, 6.45) is 9.06. The fourth-order valence-corrected chi connectivity index (χ4v) is 2.32. The molecule has 1 atom stereocenters. The van der Waals surface area contributed by atoms with Crippen LogP contribution in [0.5, 0.6) is 5.75 Å². The van der Waals surface area contributed by atoms with E-state index < -0.39 is 0 Å². The van der Waals surface area contributed by atoms with Crippen molar-refractivity contribution in [2.75, 3.05) is 5.73 Å². The molecule has 1 aliphatic rings. The molecule has 0 fully saturated rings. The first-order valence-electron chi connectivity index (χ1n) is 7.26. The summed E-state index contributed by atoms with van der Waals surface area (Å²) in [6, 6.07) is 6.22. The van der Waals surface area contributed by atoms with E-state index in [1.807, 2.05) is 6.07 Å². The molecule has 0 radical (unpaired) electrons. The van der Waals surface area contributed by atoms with Crippen LogP contribution in [-0.2, 0) is 5.41 Å². The van der Waals surface area contributed by atoms with Crippen LogP contribution in [0.4, 0.5) is 5.69 Å². The van der Waals surface area contributed by atoms with Crippen LogP contribution in [0.1, 0.15) is 52.0 Å². The molecule has 0 aromatic heterocycles. The van der Waals surface area contributed by atoms with Crippen LogP contribution in [0.3, 0.4) is 0 Å². The van der Waals surface area contributed by atoms with Crippen LogP contribution >= 0.6 is 0 Å². The summed E-state index contributed by atoms with van der Waals surface area (Å²) in [5, 5.41) is 0. The number of ether oxygens (including phenoxy) is 1. The third-order valence-electron chi connectivity index (χ3n) is 4.16. The Balaban J connectivity index is 2.15. The Hall–Kier alpha value is -1.44. The van der Waals surface area contributed by atoms with Gasteiger partial charge in [0.2, 0.25) is 0 Å². The van der Waals surface area contributed by atoms with Crippen LogP contribution in [0.2, 0.25) is 0 Å². The summed E-state index contributed by atoms with van der Waals surface area (Å²) >= 11 is 0. The molecule has 2 nitrogen and oxygen atoms in total. The molecule has 1 aromatic carbocycles. The minimum atomic E-state index is 0.164. The molecule has 0 amide bonds. The average Bonchev–Trinajstić information content (AvgIpc) is 2.42. The number of nitrogens with two attached hydrogens (primary N) is 1. The molecule has 0 aliphatic heterocycles. The molecular formula is C17H25NO. The van der Waals surface area contributed by atoms with Crippen LogP contribution in [0.15, 0.2) is 30.4 Å². The fraction of sp³-hybridized carbons (Fsp3) is 0.529. The highest BCUT2D eigenvalue weighted by Crippen LogP contribution is 2.33. The van der Waals surface area contributed by atoms with Crippen molar-refractivity contribution in [3.63, 3.8) is 0 Å². The largest absolute Gasteiger partial charge is 0.484 e. The van der Waals surface area contributed by atoms with E-state index in [9.17, 15) is 0 Å². The Bertz CT molecular complexity index is 462. The van der Waals surface area contributed by atoms with Crippen molar-refractivity contribution in [3.05, 3.63) is 35.9 Å². The van der Waals surface area contributed by atoms with Crippen molar-refractivity contribution in [1.82, 2.24) is 0 Å². The van der Waals surface area contributed by atoms with Gasteiger partial charge in [0.1, 0.15) is 11.9 Å². The van der Waals surface area contributed by atoms with E-state index >= 15 is 0 Å². The number of allylic oxidation sites excluding steroid dienone is 1. The van der Waals surface area contributed by atoms with Crippen molar-refractivity contribution in [2.24, 2.45) is 0 Å². The van der Waals surface area contributed by atoms with Crippen molar-refractivity contribution >= 4 is 5.69 Å². The molecule has 0 bridgehead atoms. The van der Waals surface area contributed by atoms with Gasteiger partial charge in [-0.05, 0) is 54.9 Å². The van der Waals surface area contributed by atoms with Crippen molar-refractivity contribution in [1.29, 1.82) is 0 Å². The van der Waals surface area contributed by atoms with Crippen LogP contribution in [0, 0.1) is 0 Å². The number of rotatable bonds is 4. The Morgan fingerprint density at radius 3 is 2.74 bits per heavy atom. The quantitative estimate of drug-likeness (QED) is 0.640. The molecule has 0 spiro atoms. The van der Waals surface area contributed by atoms with Gasteiger partial charge in [-0.1, -0.05) is 32.9 Å². The standard InChI is InChI=1S/C17H25NO/c1-4-17(2,3)13-10-11-16(15(18)12-13)19-14-8-6-5-7-9-14/h6,8,10-12,14H,4-5,7,9,18H2,1-3H3. The third kappa shape index (κ3) is 3.31. The first-order chi connectivity index (χ1) is 9.03. The van der Waals surface area contributed by atoms with Crippen LogP contribution < -0.4 is 10.5 Å². The second-order valence-corrected chi connectivity index (χ2v) is 6.01. The highest BCUT2D eigenvalue weighted by Gasteiger charge is 2.19. The lowest BCUT2D eigenvalue weighted by atomic mass is 9.82. The number of nitrogen functional groups attached to an aromatic ring is 1. The van der Waals surface area contributed by atoms with E-state index in [0.29, 0.717) is 0 Å². The van der Waals surface area contributed by atoms with Gasteiger partial charge in [-0.3, -0.25) is 0 Å². The maximum atomic E-state index is 6.14. The second kappa shape index (κ2) is 5.68. The Labute approximate surface area is 116 Å². The second-order valence-electron chi connectivity index (χ2n) is 6.01. The smallest absolute Gasteiger partial charge is 0.143 e. The summed E-state index contributed by atoms with van der Waals surface area (Å²) in [7, 11) is 0. The normalized spacial score (nSPS) is 19.4. The highest BCUT2D eigenvalue weighted by atomic mass is 16.5. The number of benzene rings is 1. The fourth-order valence-electron chi connectivity index (χ4n) is 2.32. The Kier molecular flexibility index (Phi) is 4.18. The van der Waals surface area contributed by atoms with Gasteiger partial charge in [-0.25, -0.2) is 0 Å². The number of hydrogen-bond acceptors (Lipinski definition) is 2. The van der Waals surface area contributed by atoms with E-state index in [1.54, 1.807) is 0 Å². The topological polar surface area (TPSA) is 35.2 Å². The maximum absolute atomic E-state index is 6.14. The predicted molar refractivity (Wildman–Crippen MR) is 81.6 cm³/mol. The Morgan fingerprint density at radius 1 is 1.37 bits per heavy atom. The number of anilines is 1. The lowest BCUT2D eigenvalue weighted by Crippen LogP contribution is -2.18. The lowest BCUT2D eigenvalue weighted by Gasteiger charge is -2.25. The van der Waals surface area contributed by atoms with E-state index in [1.165, 1.54) is 18.4 Å². The molecule has 1 unspecified atom stereocenters. The minimum Gasteiger partial charge on any atom is -0.484 e. The van der Waals surface area contributed by atoms with E-state index in [2.05, 4.69) is 45.1 Å². The first-order valence-corrected chi connectivity index (χ1v) is 7.26. The molecule has 19 heavy (non-hydrogen) atoms. The van der Waals surface area contributed by atoms with Gasteiger partial charge in [0, 0.05) is 0 Å². The molecule has 104 valence electrons. The SMILES string of the molecule is CCC(C)(C)c1ccc(OC2C=CCCC2)c(N)c1. The number of hydrogen-bond donors (Lipinski definition) is 1. The zero-order valence-corrected chi connectivity index (χ0v) is 12.3. The van der Waals surface area contributed by atoms with Gasteiger partial charge < -0.3 is 10.5 Å². The first kappa shape index (κ1) is 14.0. The molecule has 1 aliphatic carbocycles. The highest BCUT2D eigenvalue weighted by molar-refractivity contribution is 5.55. The zero-order chi connectivity index (χ0) is 13.9. The summed E-state index contributed by atoms with van der Waals surface area (Å²) in [5.74, 6) is 0.812. The van der Waals surface area contributed by atoms with E-state index in [-0.39, 0.29) is 11.5 Å². The van der Waals surface area contributed by atoms with Gasteiger partial charge >= 0.3 is 0 Å². The maximum Gasteiger partial charge on any atom is 0.143 e. The summed E-state index contributed by atoms with van der Waals surface area (Å²) in [5.41, 5.74) is 8.33. The summed E-state index contributed by atoms with van der Waals surface area (Å²) in [6.45, 7) is 6.69. The molecular weight excluding hydrogens is 234 g/mol. The van der Waals surface area contributed by atoms with Crippen LogP contribution in [0.25, 0.3) is 0 Å². The molecule has 2 N–H and O–H groups in total. The van der Waals surface area contributed by atoms with Gasteiger partial charge in [0.05, 0.1) is 5.69 Å². The molecule has 0 saturated heterocycles. The molecule has 1 aromatic rings. The third-order valence-corrected chi connectivity index (χ3v) is 4.16. The molecule has 2 heteroatoms. The summed E-state index contributed by atoms with van der Waals surface area (Å²) in [4.78, 5) is 0. The van der Waals surface area contributed by atoms with Crippen molar-refractivity contribution in [2.45, 2.75) is 58.0 Å². The van der Waals surface area contributed by atoms with E-state index in [0.717, 1.165) is 24.3 Å². The molecule has 2 rings (SSSR count). The van der Waals surface area contributed by atoms with Gasteiger partial charge in [-0.15, -0.1) is 0 Å². The van der Waals surface area contributed by atoms with Crippen molar-refractivity contribution < 1.29 is 4.74 Å². The monoisotopic (exact) mass is 259 g/mol. The average molecular weight is 259 g/mol. The van der Waals surface area contributed by atoms with Gasteiger partial charge in [0.25, 0.3) is 0 Å². The van der Waals surface area contributed by atoms with Crippen molar-refractivity contribution in [3.8, 4) is 5.75 Å². The van der Waals surface area contributed by atoms with Gasteiger partial charge in [0.15, 0.2) is 0 Å². The van der Waals surface area contributed by atoms with Gasteiger partial charge in [-0.2, -0.15) is 0 Å².